The van der Waals surface area contributed by atoms with Gasteiger partial charge in [0.05, 0.1) is 23.0 Å². The van der Waals surface area contributed by atoms with Crippen LogP contribution in [0.4, 0.5) is 0 Å². The van der Waals surface area contributed by atoms with Crippen LogP contribution >= 0.6 is 0 Å². The molecule has 256 valence electrons. The molecule has 2 aromatic carbocycles. The smallest absolute Gasteiger partial charge is 0.343 e. The number of hydrogen-bond acceptors (Lipinski definition) is 10. The number of hydrogen-bond donors (Lipinski definition) is 0. The summed E-state index contributed by atoms with van der Waals surface area (Å²) >= 11 is 0. The van der Waals surface area contributed by atoms with Gasteiger partial charge in [-0.2, -0.15) is 0 Å². The van der Waals surface area contributed by atoms with Crippen molar-refractivity contribution in [2.24, 2.45) is 0 Å². The van der Waals surface area contributed by atoms with Crippen LogP contribution in [-0.2, 0) is 48.3 Å². The van der Waals surface area contributed by atoms with E-state index >= 15 is 0 Å². The fourth-order valence-corrected chi connectivity index (χ4v) is 9.94. The monoisotopic (exact) mass is 696 g/mol. The van der Waals surface area contributed by atoms with Gasteiger partial charge in [0.2, 0.25) is 31.2 Å². The fraction of sp³-hybridized carbons (Fsp3) is 0.444. The van der Waals surface area contributed by atoms with E-state index in [-0.39, 0.29) is 25.0 Å². The molecule has 0 saturated heterocycles. The van der Waals surface area contributed by atoms with Crippen molar-refractivity contribution in [3.8, 4) is 0 Å². The Hall–Kier alpha value is -3.90. The van der Waals surface area contributed by atoms with E-state index in [1.54, 1.807) is 24.3 Å². The van der Waals surface area contributed by atoms with Gasteiger partial charge in [0.15, 0.2) is 0 Å². The highest BCUT2D eigenvalue weighted by Crippen LogP contribution is 2.39. The number of ketones is 2. The van der Waals surface area contributed by atoms with Crippen molar-refractivity contribution in [2.45, 2.75) is 99.7 Å². The van der Waals surface area contributed by atoms with Gasteiger partial charge in [-0.15, -0.1) is 0 Å². The fourth-order valence-electron chi connectivity index (χ4n) is 6.90. The highest BCUT2D eigenvalue weighted by atomic mass is 32.2. The number of ether oxygens (including phenoxy) is 2. The first-order valence-electron chi connectivity index (χ1n) is 16.6. The summed E-state index contributed by atoms with van der Waals surface area (Å²) in [4.78, 5) is 51.4. The summed E-state index contributed by atoms with van der Waals surface area (Å²) in [6, 6.07) is 11.6. The molecule has 0 spiro atoms. The van der Waals surface area contributed by atoms with Crippen LogP contribution in [0.1, 0.15) is 101 Å². The van der Waals surface area contributed by atoms with Crippen molar-refractivity contribution < 1.29 is 45.5 Å². The van der Waals surface area contributed by atoms with E-state index in [1.807, 2.05) is 0 Å². The van der Waals surface area contributed by atoms with E-state index in [2.05, 4.69) is 0 Å². The topological polar surface area (TPSA) is 155 Å². The zero-order valence-electron chi connectivity index (χ0n) is 27.2. The molecule has 2 saturated carbocycles. The van der Waals surface area contributed by atoms with Gasteiger partial charge in [-0.1, -0.05) is 62.8 Å². The van der Waals surface area contributed by atoms with E-state index in [9.17, 15) is 36.0 Å². The summed E-state index contributed by atoms with van der Waals surface area (Å²) in [6.07, 6.45) is 10.3. The molecular weight excluding hydrogens is 657 g/mol. The standard InChI is InChI=1S/C36H40O10S2/c1-3-45-35(39)29-31(37)34(48(43,44)28-21-17-26(18-22-28)24-13-9-6-10-14-24)30(36(40)46-4-2)32(38)33(29)47(41,42)27-19-15-25(16-20-27)23-11-7-5-8-12-23/h15-24H,3-14H2,1-2H3. The Labute approximate surface area is 281 Å². The van der Waals surface area contributed by atoms with Gasteiger partial charge in [0, 0.05) is 0 Å². The Morgan fingerprint density at radius 3 is 1.17 bits per heavy atom. The third kappa shape index (κ3) is 6.82. The molecule has 0 aliphatic heterocycles. The molecule has 5 rings (SSSR count). The van der Waals surface area contributed by atoms with Crippen LogP contribution in [0.25, 0.3) is 0 Å². The lowest BCUT2D eigenvalue weighted by Gasteiger charge is -2.24. The Bertz CT molecular complexity index is 1730. The van der Waals surface area contributed by atoms with Gasteiger partial charge < -0.3 is 9.47 Å². The summed E-state index contributed by atoms with van der Waals surface area (Å²) in [7, 11) is -9.93. The summed E-state index contributed by atoms with van der Waals surface area (Å²) in [6.45, 7) is 2.17. The van der Waals surface area contributed by atoms with Crippen LogP contribution in [0.3, 0.4) is 0 Å². The van der Waals surface area contributed by atoms with Gasteiger partial charge in [0.25, 0.3) is 0 Å². The quantitative estimate of drug-likeness (QED) is 0.169. The summed E-state index contributed by atoms with van der Waals surface area (Å²) in [5.41, 5.74) is -0.726. The van der Waals surface area contributed by atoms with Gasteiger partial charge in [-0.05, 0) is 86.8 Å². The maximum atomic E-state index is 14.2. The average molecular weight is 697 g/mol. The molecule has 3 aliphatic carbocycles. The molecule has 2 fully saturated rings. The summed E-state index contributed by atoms with van der Waals surface area (Å²) < 4.78 is 66.5. The number of esters is 2. The van der Waals surface area contributed by atoms with Crippen LogP contribution in [0.2, 0.25) is 0 Å². The number of rotatable bonds is 10. The minimum absolute atomic E-state index is 0.241. The predicted molar refractivity (Wildman–Crippen MR) is 176 cm³/mol. The molecule has 2 aromatic rings. The van der Waals surface area contributed by atoms with E-state index in [0.717, 1.165) is 75.3 Å². The molecule has 0 bridgehead atoms. The Kier molecular flexibility index (Phi) is 10.8. The lowest BCUT2D eigenvalue weighted by molar-refractivity contribution is -0.142. The molecule has 0 N–H and O–H groups in total. The molecule has 10 nitrogen and oxygen atoms in total. The maximum Gasteiger partial charge on any atom is 0.343 e. The molecule has 0 radical (unpaired) electrons. The Balaban J connectivity index is 1.64. The molecule has 12 heteroatoms. The van der Waals surface area contributed by atoms with Crippen LogP contribution < -0.4 is 0 Å². The summed E-state index contributed by atoms with van der Waals surface area (Å²) in [5, 5.41) is 0. The van der Waals surface area contributed by atoms with Crippen molar-refractivity contribution in [3.63, 3.8) is 0 Å². The van der Waals surface area contributed by atoms with Crippen LogP contribution in [-0.4, -0.2) is 53.6 Å². The third-order valence-corrected chi connectivity index (χ3v) is 13.0. The second-order valence-corrected chi connectivity index (χ2v) is 16.1. The molecular formula is C36H40O10S2. The Morgan fingerprint density at radius 1 is 0.562 bits per heavy atom. The van der Waals surface area contributed by atoms with Crippen LogP contribution in [0.15, 0.2) is 79.3 Å². The van der Waals surface area contributed by atoms with Crippen molar-refractivity contribution in [1.82, 2.24) is 0 Å². The van der Waals surface area contributed by atoms with E-state index in [4.69, 9.17) is 9.47 Å². The lowest BCUT2D eigenvalue weighted by Crippen LogP contribution is -2.37. The van der Waals surface area contributed by atoms with Crippen LogP contribution in [0, 0.1) is 0 Å². The second-order valence-electron chi connectivity index (χ2n) is 12.3. The normalized spacial score (nSPS) is 18.6. The third-order valence-electron chi connectivity index (χ3n) is 9.35. The Morgan fingerprint density at radius 2 is 0.875 bits per heavy atom. The maximum absolute atomic E-state index is 14.2. The molecule has 48 heavy (non-hydrogen) atoms. The van der Waals surface area contributed by atoms with Gasteiger partial charge in [0.1, 0.15) is 21.0 Å². The lowest BCUT2D eigenvalue weighted by atomic mass is 9.84. The van der Waals surface area contributed by atoms with Gasteiger partial charge >= 0.3 is 11.9 Å². The predicted octanol–water partition coefficient (Wildman–Crippen LogP) is 5.82. The highest BCUT2D eigenvalue weighted by Gasteiger charge is 2.51. The first kappa shape index (κ1) is 35.4. The molecule has 0 atom stereocenters. The second kappa shape index (κ2) is 14.7. The molecule has 3 aliphatic rings. The van der Waals surface area contributed by atoms with Crippen molar-refractivity contribution in [3.05, 3.63) is 80.6 Å². The number of benzene rings is 2. The zero-order chi connectivity index (χ0) is 34.6. The van der Waals surface area contributed by atoms with E-state index in [0.29, 0.717) is 0 Å². The number of sulfone groups is 2. The SMILES string of the molecule is CCOC(=O)C1=C(S(=O)(=O)c2ccc(C3CCCCC3)cc2)C(=O)C(C(=O)OCC)=C(S(=O)(=O)c2ccc(C3CCCCC3)cc2)C1=O. The first-order chi connectivity index (χ1) is 22.9. The number of Topliss-reactive ketones (excluding diaryl/α,β-unsaturated/α-hetero) is 2. The number of carbonyl (C=O) groups is 4. The largest absolute Gasteiger partial charge is 0.462 e. The highest BCUT2D eigenvalue weighted by molar-refractivity contribution is 7.97. The van der Waals surface area contributed by atoms with E-state index in [1.165, 1.54) is 38.1 Å². The average Bonchev–Trinajstić information content (AvgIpc) is 3.09. The van der Waals surface area contributed by atoms with E-state index < -0.39 is 73.9 Å². The number of allylic oxidation sites excluding steroid dienone is 2. The number of carbonyl (C=O) groups excluding carboxylic acids is 4. The molecule has 0 amide bonds. The van der Waals surface area contributed by atoms with Gasteiger partial charge in [-0.3, -0.25) is 9.59 Å². The minimum Gasteiger partial charge on any atom is -0.462 e. The minimum atomic E-state index is -4.97. The van der Waals surface area contributed by atoms with Gasteiger partial charge in [-0.25, -0.2) is 26.4 Å². The molecule has 0 aromatic heterocycles. The first-order valence-corrected chi connectivity index (χ1v) is 19.5. The van der Waals surface area contributed by atoms with Crippen LogP contribution in [0.5, 0.6) is 0 Å². The van der Waals surface area contributed by atoms with Crippen molar-refractivity contribution in [2.75, 3.05) is 13.2 Å². The summed E-state index contributed by atoms with van der Waals surface area (Å²) in [5.74, 6) is -5.79. The molecule has 0 unspecified atom stereocenters. The van der Waals surface area contributed by atoms with Crippen molar-refractivity contribution >= 4 is 43.2 Å². The zero-order valence-corrected chi connectivity index (χ0v) is 28.8. The molecule has 0 heterocycles. The van der Waals surface area contributed by atoms with Crippen molar-refractivity contribution in [1.29, 1.82) is 0 Å².